The predicted molar refractivity (Wildman–Crippen MR) is 75.5 cm³/mol. The van der Waals surface area contributed by atoms with Crippen molar-refractivity contribution in [3.8, 4) is 5.75 Å². The molecule has 0 aliphatic rings. The molecule has 2 rings (SSSR count). The molecule has 0 radical (unpaired) electrons. The summed E-state index contributed by atoms with van der Waals surface area (Å²) in [5, 5.41) is 0. The molecular formula is C14H15BrN2O. The van der Waals surface area contributed by atoms with Crippen LogP contribution in [0.25, 0.3) is 0 Å². The molecule has 0 saturated heterocycles. The topological polar surface area (TPSA) is 48.1 Å². The van der Waals surface area contributed by atoms with Gasteiger partial charge in [0, 0.05) is 12.1 Å². The number of halogens is 1. The minimum Gasteiger partial charge on any atom is -0.486 e. The van der Waals surface area contributed by atoms with E-state index in [9.17, 15) is 0 Å². The second kappa shape index (κ2) is 6.52. The van der Waals surface area contributed by atoms with Crippen molar-refractivity contribution in [3.63, 3.8) is 0 Å². The monoisotopic (exact) mass is 306 g/mol. The third-order valence-corrected chi connectivity index (χ3v) is 3.08. The van der Waals surface area contributed by atoms with E-state index in [1.54, 1.807) is 0 Å². The summed E-state index contributed by atoms with van der Waals surface area (Å²) in [4.78, 5) is 4.39. The summed E-state index contributed by atoms with van der Waals surface area (Å²) < 4.78 is 6.44. The Hall–Kier alpha value is -1.39. The third-order valence-electron chi connectivity index (χ3n) is 2.51. The van der Waals surface area contributed by atoms with Crippen molar-refractivity contribution < 1.29 is 4.74 Å². The number of hydrogen-bond acceptors (Lipinski definition) is 3. The fraction of sp³-hybridized carbons (Fsp3) is 0.214. The van der Waals surface area contributed by atoms with Crippen LogP contribution in [0, 0.1) is 0 Å². The van der Waals surface area contributed by atoms with E-state index in [-0.39, 0.29) is 0 Å². The highest BCUT2D eigenvalue weighted by atomic mass is 79.9. The molecule has 0 unspecified atom stereocenters. The zero-order valence-electron chi connectivity index (χ0n) is 9.97. The van der Waals surface area contributed by atoms with E-state index in [0.717, 1.165) is 28.0 Å². The molecular weight excluding hydrogens is 292 g/mol. The van der Waals surface area contributed by atoms with Crippen molar-refractivity contribution in [1.82, 2.24) is 4.98 Å². The zero-order chi connectivity index (χ0) is 12.8. The SMILES string of the molecule is NCCc1ccc(OCc2ccccc2)c(Br)n1. The first-order valence-corrected chi connectivity index (χ1v) is 6.61. The summed E-state index contributed by atoms with van der Waals surface area (Å²) in [6, 6.07) is 13.9. The first kappa shape index (κ1) is 13.1. The lowest BCUT2D eigenvalue weighted by molar-refractivity contribution is 0.302. The van der Waals surface area contributed by atoms with Crippen LogP contribution in [-0.2, 0) is 13.0 Å². The number of nitrogens with zero attached hydrogens (tertiary/aromatic N) is 1. The molecule has 1 heterocycles. The molecule has 3 nitrogen and oxygen atoms in total. The molecule has 0 bridgehead atoms. The van der Waals surface area contributed by atoms with E-state index in [2.05, 4.69) is 20.9 Å². The van der Waals surface area contributed by atoms with Gasteiger partial charge in [-0.05, 0) is 40.2 Å². The number of ether oxygens (including phenoxy) is 1. The molecule has 0 spiro atoms. The molecule has 0 fully saturated rings. The van der Waals surface area contributed by atoms with Gasteiger partial charge < -0.3 is 10.5 Å². The van der Waals surface area contributed by atoms with E-state index in [0.29, 0.717) is 13.2 Å². The number of rotatable bonds is 5. The van der Waals surface area contributed by atoms with Crippen LogP contribution in [-0.4, -0.2) is 11.5 Å². The van der Waals surface area contributed by atoms with Crippen LogP contribution in [0.1, 0.15) is 11.3 Å². The lowest BCUT2D eigenvalue weighted by Crippen LogP contribution is -2.05. The molecule has 0 atom stereocenters. The first-order chi connectivity index (χ1) is 8.79. The minimum atomic E-state index is 0.539. The van der Waals surface area contributed by atoms with Crippen LogP contribution in [0.4, 0.5) is 0 Å². The van der Waals surface area contributed by atoms with Crippen LogP contribution in [0.2, 0.25) is 0 Å². The third kappa shape index (κ3) is 3.55. The standard InChI is InChI=1S/C14H15BrN2O/c15-14-13(7-6-12(17-14)8-9-16)18-10-11-4-2-1-3-5-11/h1-7H,8-10,16H2. The van der Waals surface area contributed by atoms with Gasteiger partial charge in [0.25, 0.3) is 0 Å². The van der Waals surface area contributed by atoms with Gasteiger partial charge in [0.2, 0.25) is 0 Å². The van der Waals surface area contributed by atoms with Crippen molar-refractivity contribution in [2.75, 3.05) is 6.54 Å². The molecule has 4 heteroatoms. The quantitative estimate of drug-likeness (QED) is 0.864. The zero-order valence-corrected chi connectivity index (χ0v) is 11.6. The second-order valence-corrected chi connectivity index (χ2v) is 4.66. The van der Waals surface area contributed by atoms with Gasteiger partial charge in [-0.15, -0.1) is 0 Å². The lowest BCUT2D eigenvalue weighted by Gasteiger charge is -2.08. The molecule has 2 N–H and O–H groups in total. The van der Waals surface area contributed by atoms with E-state index in [1.807, 2.05) is 42.5 Å². The maximum absolute atomic E-state index is 5.72. The summed E-state index contributed by atoms with van der Waals surface area (Å²) in [5.41, 5.74) is 7.60. The maximum Gasteiger partial charge on any atom is 0.152 e. The Kier molecular flexibility index (Phi) is 4.73. The van der Waals surface area contributed by atoms with Crippen molar-refractivity contribution in [2.24, 2.45) is 5.73 Å². The molecule has 18 heavy (non-hydrogen) atoms. The number of benzene rings is 1. The Balaban J connectivity index is 2.01. The number of hydrogen-bond donors (Lipinski definition) is 1. The van der Waals surface area contributed by atoms with Crippen LogP contribution < -0.4 is 10.5 Å². The van der Waals surface area contributed by atoms with Gasteiger partial charge in [-0.1, -0.05) is 30.3 Å². The van der Waals surface area contributed by atoms with E-state index in [1.165, 1.54) is 0 Å². The lowest BCUT2D eigenvalue weighted by atomic mass is 10.2. The molecule has 0 aliphatic carbocycles. The highest BCUT2D eigenvalue weighted by molar-refractivity contribution is 9.10. The normalized spacial score (nSPS) is 10.3. The summed E-state index contributed by atoms with van der Waals surface area (Å²) in [7, 11) is 0. The number of nitrogens with two attached hydrogens (primary N) is 1. The van der Waals surface area contributed by atoms with Crippen molar-refractivity contribution >= 4 is 15.9 Å². The van der Waals surface area contributed by atoms with Crippen molar-refractivity contribution in [3.05, 3.63) is 58.3 Å². The maximum atomic E-state index is 5.72. The van der Waals surface area contributed by atoms with Gasteiger partial charge >= 0.3 is 0 Å². The van der Waals surface area contributed by atoms with E-state index < -0.39 is 0 Å². The van der Waals surface area contributed by atoms with Gasteiger partial charge in [0.05, 0.1) is 0 Å². The molecule has 2 aromatic rings. The molecule has 1 aromatic heterocycles. The summed E-state index contributed by atoms with van der Waals surface area (Å²) >= 11 is 3.41. The fourth-order valence-electron chi connectivity index (χ4n) is 1.59. The first-order valence-electron chi connectivity index (χ1n) is 5.82. The summed E-state index contributed by atoms with van der Waals surface area (Å²) in [5.74, 6) is 0.750. The average Bonchev–Trinajstić information content (AvgIpc) is 2.39. The Labute approximate surface area is 115 Å². The van der Waals surface area contributed by atoms with Gasteiger partial charge in [0.15, 0.2) is 5.75 Å². The van der Waals surface area contributed by atoms with Crippen LogP contribution in [0.5, 0.6) is 5.75 Å². The number of aromatic nitrogens is 1. The van der Waals surface area contributed by atoms with Crippen molar-refractivity contribution in [1.29, 1.82) is 0 Å². The van der Waals surface area contributed by atoms with E-state index in [4.69, 9.17) is 10.5 Å². The molecule has 0 aliphatic heterocycles. The van der Waals surface area contributed by atoms with Crippen LogP contribution >= 0.6 is 15.9 Å². The Morgan fingerprint density at radius 3 is 2.56 bits per heavy atom. The van der Waals surface area contributed by atoms with E-state index >= 15 is 0 Å². The molecule has 0 saturated carbocycles. The van der Waals surface area contributed by atoms with Gasteiger partial charge in [0.1, 0.15) is 11.2 Å². The molecule has 94 valence electrons. The van der Waals surface area contributed by atoms with Crippen LogP contribution in [0.3, 0.4) is 0 Å². The Morgan fingerprint density at radius 1 is 1.11 bits per heavy atom. The van der Waals surface area contributed by atoms with Crippen molar-refractivity contribution in [2.45, 2.75) is 13.0 Å². The second-order valence-electron chi connectivity index (χ2n) is 3.90. The summed E-state index contributed by atoms with van der Waals surface area (Å²) in [6.45, 7) is 1.14. The smallest absolute Gasteiger partial charge is 0.152 e. The van der Waals surface area contributed by atoms with Gasteiger partial charge in [-0.25, -0.2) is 4.98 Å². The van der Waals surface area contributed by atoms with Crippen LogP contribution in [0.15, 0.2) is 47.1 Å². The minimum absolute atomic E-state index is 0.539. The highest BCUT2D eigenvalue weighted by Gasteiger charge is 2.04. The van der Waals surface area contributed by atoms with Gasteiger partial charge in [-0.3, -0.25) is 0 Å². The van der Waals surface area contributed by atoms with Gasteiger partial charge in [-0.2, -0.15) is 0 Å². The predicted octanol–water partition coefficient (Wildman–Crippen LogP) is 2.92. The average molecular weight is 307 g/mol. The Bertz CT molecular complexity index is 502. The largest absolute Gasteiger partial charge is 0.486 e. The number of pyridine rings is 1. The highest BCUT2D eigenvalue weighted by Crippen LogP contribution is 2.23. The molecule has 0 amide bonds. The fourth-order valence-corrected chi connectivity index (χ4v) is 2.06. The summed E-state index contributed by atoms with van der Waals surface area (Å²) in [6.07, 6.45) is 0.775. The molecule has 1 aromatic carbocycles. The Morgan fingerprint density at radius 2 is 1.89 bits per heavy atom.